The molecule has 1 saturated carbocycles. The first-order valence-electron chi connectivity index (χ1n) is 4.49. The van der Waals surface area contributed by atoms with Crippen molar-refractivity contribution in [1.29, 1.82) is 0 Å². The second kappa shape index (κ2) is 9.13. The van der Waals surface area contributed by atoms with Crippen LogP contribution in [0.15, 0.2) is 24.3 Å². The van der Waals surface area contributed by atoms with Crippen molar-refractivity contribution in [2.24, 2.45) is 23.7 Å². The smallest absolute Gasteiger partial charge is 1.00 e. The molecule has 0 N–H and O–H groups in total. The summed E-state index contributed by atoms with van der Waals surface area (Å²) in [6.07, 6.45) is 11.6. The summed E-state index contributed by atoms with van der Waals surface area (Å²) in [6.45, 7) is 4.65. The zero-order valence-corrected chi connectivity index (χ0v) is 12.7. The van der Waals surface area contributed by atoms with E-state index in [9.17, 15) is 0 Å². The van der Waals surface area contributed by atoms with Gasteiger partial charge in [-0.15, -0.1) is 0 Å². The van der Waals surface area contributed by atoms with E-state index in [2.05, 4.69) is 44.6 Å². The number of hydrogen-bond donors (Lipinski definition) is 0. The Morgan fingerprint density at radius 3 is 1.47 bits per heavy atom. The minimum Gasteiger partial charge on any atom is -1.00 e. The number of rotatable bonds is 0. The average Bonchev–Trinajstić information content (AvgIpc) is 2.30. The van der Waals surface area contributed by atoms with E-state index in [4.69, 9.17) is 0 Å². The van der Waals surface area contributed by atoms with E-state index >= 15 is 0 Å². The fourth-order valence-electron chi connectivity index (χ4n) is 2.43. The van der Waals surface area contributed by atoms with Crippen molar-refractivity contribution in [3.05, 3.63) is 30.7 Å². The molecule has 4 atom stereocenters. The molecule has 0 aliphatic heterocycles. The Morgan fingerprint density at radius 2 is 1.13 bits per heavy atom. The van der Waals surface area contributed by atoms with Gasteiger partial charge in [-0.25, -0.2) is 0 Å². The predicted molar refractivity (Wildman–Crippen MR) is 47.9 cm³/mol. The van der Waals surface area contributed by atoms with Gasteiger partial charge in [0, 0.05) is 0 Å². The summed E-state index contributed by atoms with van der Waals surface area (Å²) in [4.78, 5) is 0. The molecule has 0 radical (unpaired) electrons. The Labute approximate surface area is 126 Å². The van der Waals surface area contributed by atoms with E-state index in [-0.39, 0.29) is 58.9 Å². The first-order chi connectivity index (χ1) is 5.29. The van der Waals surface area contributed by atoms with Crippen LogP contribution in [0.4, 0.5) is 0 Å². The molecule has 1 fully saturated rings. The molecular formula is C11H15Cl3Ti. The van der Waals surface area contributed by atoms with Gasteiger partial charge in [0.25, 0.3) is 0 Å². The van der Waals surface area contributed by atoms with E-state index in [1.165, 1.54) is 0 Å². The molecule has 2 aliphatic rings. The predicted octanol–water partition coefficient (Wildman–Crippen LogP) is -6.16. The molecule has 0 amide bonds. The first-order valence-corrected chi connectivity index (χ1v) is 4.49. The summed E-state index contributed by atoms with van der Waals surface area (Å²) in [5.41, 5.74) is 0. The molecule has 0 aromatic heterocycles. The van der Waals surface area contributed by atoms with Gasteiger partial charge in [0.15, 0.2) is 0 Å². The Morgan fingerprint density at radius 1 is 0.800 bits per heavy atom. The minimum atomic E-state index is 0. The third kappa shape index (κ3) is 4.44. The maximum absolute atomic E-state index is 2.48. The largest absolute Gasteiger partial charge is 4.00 e. The summed E-state index contributed by atoms with van der Waals surface area (Å²) in [5.74, 6) is 3.12. The second-order valence-electron chi connectivity index (χ2n) is 3.84. The molecule has 0 aromatic rings. The number of allylic oxidation sites excluding steroid dienone is 4. The molecule has 4 heteroatoms. The van der Waals surface area contributed by atoms with Crippen LogP contribution in [0.3, 0.4) is 0 Å². The molecule has 15 heavy (non-hydrogen) atoms. The van der Waals surface area contributed by atoms with E-state index in [0.29, 0.717) is 0 Å². The standard InChI is InChI=1S/C11H15.3ClH.Ti/c1-8-7-9(2)11-6-4-3-5-10(8)11;;;;/h3-11H,1-2H3;3*1H;/q-1;;;;+4/p-3. The van der Waals surface area contributed by atoms with E-state index in [1.54, 1.807) is 0 Å². The summed E-state index contributed by atoms with van der Waals surface area (Å²) < 4.78 is 0. The van der Waals surface area contributed by atoms with Gasteiger partial charge >= 0.3 is 21.7 Å². The molecule has 2 rings (SSSR count). The second-order valence-corrected chi connectivity index (χ2v) is 3.84. The van der Waals surface area contributed by atoms with Gasteiger partial charge in [0.2, 0.25) is 0 Å². The van der Waals surface area contributed by atoms with Crippen LogP contribution < -0.4 is 37.2 Å². The van der Waals surface area contributed by atoms with E-state index in [0.717, 1.165) is 23.7 Å². The van der Waals surface area contributed by atoms with E-state index in [1.807, 2.05) is 0 Å². The Kier molecular flexibility index (Phi) is 13.0. The molecule has 0 aromatic carbocycles. The van der Waals surface area contributed by atoms with Crippen LogP contribution in [0.5, 0.6) is 0 Å². The van der Waals surface area contributed by atoms with Gasteiger partial charge in [-0.3, -0.25) is 0 Å². The third-order valence-corrected chi connectivity index (χ3v) is 3.04. The Balaban J connectivity index is -0.000000360. The fourth-order valence-corrected chi connectivity index (χ4v) is 2.43. The summed E-state index contributed by atoms with van der Waals surface area (Å²) >= 11 is 0. The molecule has 2 aliphatic carbocycles. The van der Waals surface area contributed by atoms with Crippen molar-refractivity contribution >= 4 is 0 Å². The van der Waals surface area contributed by atoms with Crippen molar-refractivity contribution in [2.45, 2.75) is 13.8 Å². The van der Waals surface area contributed by atoms with Crippen LogP contribution in [-0.2, 0) is 21.7 Å². The first kappa shape index (κ1) is 21.4. The number of fused-ring (bicyclic) bond motifs is 1. The van der Waals surface area contributed by atoms with Crippen molar-refractivity contribution < 1.29 is 58.9 Å². The average molecular weight is 301 g/mol. The van der Waals surface area contributed by atoms with Crippen molar-refractivity contribution in [3.8, 4) is 0 Å². The van der Waals surface area contributed by atoms with Crippen LogP contribution in [0.25, 0.3) is 0 Å². The molecule has 84 valence electrons. The number of halogens is 3. The monoisotopic (exact) mass is 300 g/mol. The van der Waals surface area contributed by atoms with Crippen molar-refractivity contribution in [1.82, 2.24) is 0 Å². The third-order valence-electron chi connectivity index (χ3n) is 3.04. The summed E-state index contributed by atoms with van der Waals surface area (Å²) in [5, 5.41) is 0. The molecule has 0 nitrogen and oxygen atoms in total. The molecule has 4 unspecified atom stereocenters. The number of hydrogen-bond acceptors (Lipinski definition) is 0. The van der Waals surface area contributed by atoms with Gasteiger partial charge in [-0.2, -0.15) is 11.8 Å². The van der Waals surface area contributed by atoms with Crippen molar-refractivity contribution in [2.75, 3.05) is 0 Å². The zero-order chi connectivity index (χ0) is 7.84. The molecule has 0 bridgehead atoms. The fraction of sp³-hybridized carbons (Fsp3) is 0.545. The van der Waals surface area contributed by atoms with Crippen LogP contribution >= 0.6 is 0 Å². The van der Waals surface area contributed by atoms with Gasteiger partial charge in [-0.05, 0) is 11.8 Å². The molecule has 0 spiro atoms. The van der Waals surface area contributed by atoms with Crippen LogP contribution in [0, 0.1) is 30.1 Å². The van der Waals surface area contributed by atoms with Crippen molar-refractivity contribution in [3.63, 3.8) is 0 Å². The summed E-state index contributed by atoms with van der Waals surface area (Å²) in [7, 11) is 0. The minimum absolute atomic E-state index is 0. The molecular weight excluding hydrogens is 286 g/mol. The SMILES string of the molecule is CC1[CH-]C(C)C2C=CC=CC12.[Cl-].[Cl-].[Cl-].[Ti+4]. The van der Waals surface area contributed by atoms with Gasteiger partial charge in [0.1, 0.15) is 0 Å². The van der Waals surface area contributed by atoms with Crippen LogP contribution in [0.2, 0.25) is 0 Å². The van der Waals surface area contributed by atoms with Gasteiger partial charge in [-0.1, -0.05) is 38.2 Å². The molecule has 0 heterocycles. The quantitative estimate of drug-likeness (QED) is 0.309. The molecule has 0 saturated heterocycles. The normalized spacial score (nSPS) is 35.1. The maximum Gasteiger partial charge on any atom is 4.00 e. The zero-order valence-electron chi connectivity index (χ0n) is 8.83. The van der Waals surface area contributed by atoms with Gasteiger partial charge < -0.3 is 43.6 Å². The van der Waals surface area contributed by atoms with E-state index < -0.39 is 0 Å². The summed E-state index contributed by atoms with van der Waals surface area (Å²) in [6, 6.07) is 0. The maximum atomic E-state index is 2.48. The van der Waals surface area contributed by atoms with Crippen LogP contribution in [-0.4, -0.2) is 0 Å². The van der Waals surface area contributed by atoms with Gasteiger partial charge in [0.05, 0.1) is 0 Å². The Bertz CT molecular complexity index is 194. The Hall–Kier alpha value is 1.06. The van der Waals surface area contributed by atoms with Crippen LogP contribution in [0.1, 0.15) is 13.8 Å². The topological polar surface area (TPSA) is 0 Å².